The van der Waals surface area contributed by atoms with E-state index in [0.717, 1.165) is 45.4 Å². The number of hydrogen-bond acceptors (Lipinski definition) is 4. The Morgan fingerprint density at radius 1 is 1.23 bits per heavy atom. The molecule has 0 aromatic heterocycles. The maximum absolute atomic E-state index is 11.7. The first-order chi connectivity index (χ1) is 10.6. The van der Waals surface area contributed by atoms with Gasteiger partial charge in [-0.15, -0.1) is 0 Å². The summed E-state index contributed by atoms with van der Waals surface area (Å²) in [6.45, 7) is 6.19. The Kier molecular flexibility index (Phi) is 9.42. The van der Waals surface area contributed by atoms with Crippen molar-refractivity contribution in [3.63, 3.8) is 0 Å². The lowest BCUT2D eigenvalue weighted by Gasteiger charge is -2.16. The summed E-state index contributed by atoms with van der Waals surface area (Å²) < 4.78 is 30.4. The number of guanidine groups is 1. The number of rotatable bonds is 10. The van der Waals surface area contributed by atoms with Crippen LogP contribution in [0.25, 0.3) is 0 Å². The molecule has 8 heteroatoms. The molecule has 0 radical (unpaired) electrons. The molecule has 0 unspecified atom stereocenters. The van der Waals surface area contributed by atoms with Crippen LogP contribution < -0.4 is 10.6 Å². The second-order valence-corrected chi connectivity index (χ2v) is 7.40. The van der Waals surface area contributed by atoms with Crippen molar-refractivity contribution < 1.29 is 13.2 Å². The number of nitrogens with zero attached hydrogens (tertiary/aromatic N) is 2. The molecule has 1 heterocycles. The molecule has 130 valence electrons. The van der Waals surface area contributed by atoms with Crippen molar-refractivity contribution >= 4 is 16.0 Å². The molecule has 7 nitrogen and oxygen atoms in total. The summed E-state index contributed by atoms with van der Waals surface area (Å²) in [5.74, 6) is 0.975. The Balaban J connectivity index is 2.08. The summed E-state index contributed by atoms with van der Waals surface area (Å²) >= 11 is 0. The average molecular weight is 334 g/mol. The molecule has 0 spiro atoms. The zero-order chi connectivity index (χ0) is 16.3. The first-order valence-electron chi connectivity index (χ1n) is 8.10. The molecule has 0 bridgehead atoms. The topological polar surface area (TPSA) is 83.0 Å². The third-order valence-electron chi connectivity index (χ3n) is 3.48. The summed E-state index contributed by atoms with van der Waals surface area (Å²) in [5, 5.41) is 6.33. The van der Waals surface area contributed by atoms with E-state index >= 15 is 0 Å². The molecular formula is C14H30N4O3S. The third kappa shape index (κ3) is 7.42. The Bertz CT molecular complexity index is 426. The predicted molar refractivity (Wildman–Crippen MR) is 89.7 cm³/mol. The summed E-state index contributed by atoms with van der Waals surface area (Å²) in [6, 6.07) is 0. The molecule has 1 saturated heterocycles. The Labute approximate surface area is 134 Å². The van der Waals surface area contributed by atoms with Crippen LogP contribution in [-0.2, 0) is 14.8 Å². The van der Waals surface area contributed by atoms with Crippen molar-refractivity contribution in [2.45, 2.75) is 32.6 Å². The zero-order valence-electron chi connectivity index (χ0n) is 13.8. The van der Waals surface area contributed by atoms with E-state index in [-0.39, 0.29) is 5.75 Å². The van der Waals surface area contributed by atoms with Gasteiger partial charge < -0.3 is 15.4 Å². The summed E-state index contributed by atoms with van der Waals surface area (Å²) in [7, 11) is -1.30. The van der Waals surface area contributed by atoms with E-state index in [1.165, 1.54) is 4.31 Å². The lowest BCUT2D eigenvalue weighted by molar-refractivity contribution is 0.129. The molecule has 0 aromatic rings. The van der Waals surface area contributed by atoms with Crippen LogP contribution in [0, 0.1) is 0 Å². The van der Waals surface area contributed by atoms with Gasteiger partial charge in [0.25, 0.3) is 0 Å². The number of aliphatic imine (C=N–C) groups is 1. The molecule has 2 N–H and O–H groups in total. The van der Waals surface area contributed by atoms with Gasteiger partial charge in [0, 0.05) is 46.4 Å². The highest BCUT2D eigenvalue weighted by atomic mass is 32.2. The van der Waals surface area contributed by atoms with E-state index in [9.17, 15) is 8.42 Å². The highest BCUT2D eigenvalue weighted by Crippen LogP contribution is 2.11. The van der Waals surface area contributed by atoms with Gasteiger partial charge in [-0.1, -0.05) is 13.3 Å². The van der Waals surface area contributed by atoms with Crippen molar-refractivity contribution in [1.82, 2.24) is 14.9 Å². The number of sulfonamides is 1. The summed E-state index contributed by atoms with van der Waals surface area (Å²) in [5.41, 5.74) is 0. The molecule has 1 rings (SSSR count). The standard InChI is InChI=1S/C14H30N4O3S/c1-3-4-11-21-12-5-7-16-14(15-2)17-8-10-18-9-6-13-22(18,19)20/h3-13H2,1-2H3,(H2,15,16,17). The van der Waals surface area contributed by atoms with E-state index < -0.39 is 10.0 Å². The fraction of sp³-hybridized carbons (Fsp3) is 0.929. The van der Waals surface area contributed by atoms with Crippen LogP contribution >= 0.6 is 0 Å². The smallest absolute Gasteiger partial charge is 0.214 e. The number of nitrogens with one attached hydrogen (secondary N) is 2. The molecular weight excluding hydrogens is 304 g/mol. The van der Waals surface area contributed by atoms with Gasteiger partial charge in [-0.05, 0) is 19.3 Å². The summed E-state index contributed by atoms with van der Waals surface area (Å²) in [4.78, 5) is 4.12. The minimum Gasteiger partial charge on any atom is -0.381 e. The van der Waals surface area contributed by atoms with Gasteiger partial charge in [0.1, 0.15) is 0 Å². The van der Waals surface area contributed by atoms with Crippen LogP contribution in [0.3, 0.4) is 0 Å². The molecule has 0 amide bonds. The first kappa shape index (κ1) is 19.2. The van der Waals surface area contributed by atoms with Crippen LogP contribution in [0.2, 0.25) is 0 Å². The fourth-order valence-electron chi connectivity index (χ4n) is 2.19. The van der Waals surface area contributed by atoms with Crippen LogP contribution in [0.4, 0.5) is 0 Å². The minimum atomic E-state index is -3.01. The van der Waals surface area contributed by atoms with Crippen LogP contribution in [-0.4, -0.2) is 70.9 Å². The highest BCUT2D eigenvalue weighted by Gasteiger charge is 2.27. The van der Waals surface area contributed by atoms with E-state index in [1.807, 2.05) is 0 Å². The predicted octanol–water partition coefficient (Wildman–Crippen LogP) is 0.394. The van der Waals surface area contributed by atoms with Crippen molar-refractivity contribution in [2.24, 2.45) is 4.99 Å². The number of hydrogen-bond donors (Lipinski definition) is 2. The Morgan fingerprint density at radius 2 is 1.95 bits per heavy atom. The number of unbranched alkanes of at least 4 members (excludes halogenated alkanes) is 1. The zero-order valence-corrected chi connectivity index (χ0v) is 14.6. The molecule has 0 atom stereocenters. The molecule has 1 aliphatic heterocycles. The highest BCUT2D eigenvalue weighted by molar-refractivity contribution is 7.89. The molecule has 0 aromatic carbocycles. The van der Waals surface area contributed by atoms with Gasteiger partial charge in [0.15, 0.2) is 5.96 Å². The molecule has 1 fully saturated rings. The van der Waals surface area contributed by atoms with E-state index in [0.29, 0.717) is 25.6 Å². The summed E-state index contributed by atoms with van der Waals surface area (Å²) in [6.07, 6.45) is 3.91. The monoisotopic (exact) mass is 334 g/mol. The fourth-order valence-corrected chi connectivity index (χ4v) is 3.72. The molecule has 22 heavy (non-hydrogen) atoms. The van der Waals surface area contributed by atoms with Crippen LogP contribution in [0.5, 0.6) is 0 Å². The number of ether oxygens (including phenoxy) is 1. The molecule has 0 saturated carbocycles. The van der Waals surface area contributed by atoms with Crippen molar-refractivity contribution in [2.75, 3.05) is 52.2 Å². The van der Waals surface area contributed by atoms with Gasteiger partial charge in [-0.2, -0.15) is 0 Å². The lowest BCUT2D eigenvalue weighted by Crippen LogP contribution is -2.42. The maximum Gasteiger partial charge on any atom is 0.214 e. The minimum absolute atomic E-state index is 0.276. The first-order valence-corrected chi connectivity index (χ1v) is 9.71. The second kappa shape index (κ2) is 10.8. The van der Waals surface area contributed by atoms with Gasteiger partial charge in [0.05, 0.1) is 5.75 Å². The Morgan fingerprint density at radius 3 is 2.59 bits per heavy atom. The average Bonchev–Trinajstić information content (AvgIpc) is 2.83. The van der Waals surface area contributed by atoms with Gasteiger partial charge in [0.2, 0.25) is 10.0 Å². The normalized spacial score (nSPS) is 18.5. The second-order valence-electron chi connectivity index (χ2n) is 5.31. The lowest BCUT2D eigenvalue weighted by atomic mass is 10.4. The molecule has 1 aliphatic rings. The van der Waals surface area contributed by atoms with Crippen LogP contribution in [0.1, 0.15) is 32.6 Å². The van der Waals surface area contributed by atoms with Crippen LogP contribution in [0.15, 0.2) is 4.99 Å². The third-order valence-corrected chi connectivity index (χ3v) is 5.44. The van der Waals surface area contributed by atoms with Gasteiger partial charge >= 0.3 is 0 Å². The van der Waals surface area contributed by atoms with E-state index in [2.05, 4.69) is 22.5 Å². The molecule has 0 aliphatic carbocycles. The van der Waals surface area contributed by atoms with Crippen molar-refractivity contribution in [3.8, 4) is 0 Å². The largest absolute Gasteiger partial charge is 0.381 e. The van der Waals surface area contributed by atoms with Crippen molar-refractivity contribution in [3.05, 3.63) is 0 Å². The Hall–Kier alpha value is -0.860. The van der Waals surface area contributed by atoms with Gasteiger partial charge in [-0.3, -0.25) is 4.99 Å². The quantitative estimate of drug-likeness (QED) is 0.343. The van der Waals surface area contributed by atoms with E-state index in [4.69, 9.17) is 4.74 Å². The van der Waals surface area contributed by atoms with Gasteiger partial charge in [-0.25, -0.2) is 12.7 Å². The SMILES string of the molecule is CCCCOCCCNC(=NC)NCCN1CCCS1(=O)=O. The van der Waals surface area contributed by atoms with E-state index in [1.54, 1.807) is 7.05 Å². The maximum atomic E-state index is 11.7. The van der Waals surface area contributed by atoms with Crippen molar-refractivity contribution in [1.29, 1.82) is 0 Å².